The smallest absolute Gasteiger partial charge is 0.262 e. The highest BCUT2D eigenvalue weighted by Gasteiger charge is 2.31. The van der Waals surface area contributed by atoms with Crippen molar-refractivity contribution >= 4 is 23.6 Å². The third kappa shape index (κ3) is 4.23. The van der Waals surface area contributed by atoms with Crippen LogP contribution in [0.3, 0.4) is 0 Å². The first kappa shape index (κ1) is 19.0. The van der Waals surface area contributed by atoms with Gasteiger partial charge in [0, 0.05) is 12.1 Å². The number of nitrogens with one attached hydrogen (secondary N) is 2. The summed E-state index contributed by atoms with van der Waals surface area (Å²) in [5.41, 5.74) is 2.30. The molecule has 0 saturated heterocycles. The highest BCUT2D eigenvalue weighted by atomic mass is 19.1. The molecule has 2 aromatic rings. The van der Waals surface area contributed by atoms with E-state index < -0.39 is 0 Å². The van der Waals surface area contributed by atoms with Crippen molar-refractivity contribution in [3.63, 3.8) is 0 Å². The molecule has 1 heterocycles. The third-order valence-electron chi connectivity index (χ3n) is 5.20. The Balaban J connectivity index is 1.29. The summed E-state index contributed by atoms with van der Waals surface area (Å²) in [5, 5.41) is 5.69. The predicted octanol–water partition coefficient (Wildman–Crippen LogP) is 3.24. The molecule has 0 aromatic heterocycles. The second-order valence-corrected chi connectivity index (χ2v) is 7.19. The number of ether oxygens (including phenoxy) is 2. The highest BCUT2D eigenvalue weighted by molar-refractivity contribution is 5.96. The van der Waals surface area contributed by atoms with Crippen molar-refractivity contribution in [1.29, 1.82) is 0 Å². The van der Waals surface area contributed by atoms with E-state index in [9.17, 15) is 14.0 Å². The van der Waals surface area contributed by atoms with Crippen LogP contribution in [0, 0.1) is 5.82 Å². The Labute approximate surface area is 167 Å². The van der Waals surface area contributed by atoms with Crippen LogP contribution >= 0.6 is 0 Å². The van der Waals surface area contributed by atoms with Gasteiger partial charge in [-0.15, -0.1) is 0 Å². The van der Waals surface area contributed by atoms with E-state index in [0.29, 0.717) is 11.4 Å². The molecule has 2 N–H and O–H groups in total. The first-order valence-corrected chi connectivity index (χ1v) is 9.40. The fourth-order valence-electron chi connectivity index (χ4n) is 3.57. The van der Waals surface area contributed by atoms with Gasteiger partial charge in [-0.2, -0.15) is 0 Å². The van der Waals surface area contributed by atoms with E-state index in [2.05, 4.69) is 10.6 Å². The van der Waals surface area contributed by atoms with Gasteiger partial charge in [0.2, 0.25) is 5.91 Å². The first-order chi connectivity index (χ1) is 14.0. The fourth-order valence-corrected chi connectivity index (χ4v) is 3.57. The van der Waals surface area contributed by atoms with E-state index in [-0.39, 0.29) is 41.9 Å². The minimum Gasteiger partial charge on any atom is -0.494 e. The number of hydrogen-bond acceptors (Lipinski definition) is 4. The lowest BCUT2D eigenvalue weighted by molar-refractivity contribution is -0.119. The Morgan fingerprint density at radius 1 is 1.28 bits per heavy atom. The summed E-state index contributed by atoms with van der Waals surface area (Å²) in [6, 6.07) is 10.4. The molecule has 2 aromatic carbocycles. The molecule has 4 rings (SSSR count). The molecule has 0 atom stereocenters. The van der Waals surface area contributed by atoms with Gasteiger partial charge in [0.05, 0.1) is 12.8 Å². The van der Waals surface area contributed by atoms with Crippen molar-refractivity contribution in [2.75, 3.05) is 19.0 Å². The van der Waals surface area contributed by atoms with Gasteiger partial charge in [-0.1, -0.05) is 12.1 Å². The van der Waals surface area contributed by atoms with Crippen LogP contribution in [0.4, 0.5) is 10.1 Å². The Kier molecular flexibility index (Phi) is 5.20. The lowest BCUT2D eigenvalue weighted by Gasteiger charge is -2.36. The van der Waals surface area contributed by atoms with Crippen molar-refractivity contribution in [1.82, 2.24) is 5.32 Å². The summed E-state index contributed by atoms with van der Waals surface area (Å²) in [6.07, 6.45) is 4.69. The molecule has 1 aliphatic heterocycles. The van der Waals surface area contributed by atoms with Crippen molar-refractivity contribution < 1.29 is 23.5 Å². The number of carbonyl (C=O) groups excluding carboxylic acids is 2. The Hall–Kier alpha value is -3.35. The highest BCUT2D eigenvalue weighted by Crippen LogP contribution is 2.38. The molecule has 0 spiro atoms. The summed E-state index contributed by atoms with van der Waals surface area (Å²) in [4.78, 5) is 23.6. The molecule has 7 heteroatoms. The molecule has 0 bridgehead atoms. The van der Waals surface area contributed by atoms with E-state index >= 15 is 0 Å². The van der Waals surface area contributed by atoms with Gasteiger partial charge < -0.3 is 20.1 Å². The van der Waals surface area contributed by atoms with Gasteiger partial charge in [0.25, 0.3) is 5.91 Å². The van der Waals surface area contributed by atoms with Crippen LogP contribution in [0.2, 0.25) is 0 Å². The van der Waals surface area contributed by atoms with Gasteiger partial charge in [-0.25, -0.2) is 4.39 Å². The quantitative estimate of drug-likeness (QED) is 0.761. The molecular weight excluding hydrogens is 375 g/mol. The minimum absolute atomic E-state index is 0.0101. The van der Waals surface area contributed by atoms with Crippen LogP contribution in [-0.4, -0.2) is 31.6 Å². The number of rotatable bonds is 5. The largest absolute Gasteiger partial charge is 0.494 e. The normalized spacial score (nSPS) is 20.3. The summed E-state index contributed by atoms with van der Waals surface area (Å²) in [7, 11) is 1.44. The lowest BCUT2D eigenvalue weighted by Crippen LogP contribution is -2.42. The number of hydrogen-bond donors (Lipinski definition) is 2. The average molecular weight is 396 g/mol. The van der Waals surface area contributed by atoms with Crippen LogP contribution in [0.5, 0.6) is 11.5 Å². The SMILES string of the molecule is COc1ccc(C2CC(NC(=O)/C=C/c3ccc4c(c3)NC(=O)CO4)C2)cc1F. The summed E-state index contributed by atoms with van der Waals surface area (Å²) >= 11 is 0. The van der Waals surface area contributed by atoms with Crippen LogP contribution < -0.4 is 20.1 Å². The number of anilines is 1. The Morgan fingerprint density at radius 3 is 2.86 bits per heavy atom. The van der Waals surface area contributed by atoms with E-state index in [4.69, 9.17) is 9.47 Å². The van der Waals surface area contributed by atoms with E-state index in [1.54, 1.807) is 24.3 Å². The van der Waals surface area contributed by atoms with Crippen molar-refractivity contribution in [3.05, 3.63) is 59.4 Å². The summed E-state index contributed by atoms with van der Waals surface area (Å²) in [6.45, 7) is 0.0101. The van der Waals surface area contributed by atoms with Gasteiger partial charge in [-0.05, 0) is 60.2 Å². The van der Waals surface area contributed by atoms with Crippen LogP contribution in [0.15, 0.2) is 42.5 Å². The zero-order valence-corrected chi connectivity index (χ0v) is 15.9. The van der Waals surface area contributed by atoms with Gasteiger partial charge in [0.1, 0.15) is 5.75 Å². The maximum Gasteiger partial charge on any atom is 0.262 e. The maximum atomic E-state index is 13.8. The first-order valence-electron chi connectivity index (χ1n) is 9.40. The standard InChI is InChI=1S/C22H21FN2O4/c1-28-19-6-4-14(11-17(19)23)15-9-16(10-15)24-21(26)7-3-13-2-5-20-18(8-13)25-22(27)12-29-20/h2-8,11,15-16H,9-10,12H2,1H3,(H,24,26)(H,25,27)/b7-3+. The Morgan fingerprint density at radius 2 is 2.10 bits per heavy atom. The number of benzene rings is 2. The van der Waals surface area contributed by atoms with Crippen LogP contribution in [-0.2, 0) is 9.59 Å². The van der Waals surface area contributed by atoms with E-state index in [1.165, 1.54) is 19.3 Å². The topological polar surface area (TPSA) is 76.7 Å². The molecule has 6 nitrogen and oxygen atoms in total. The molecule has 1 fully saturated rings. The maximum absolute atomic E-state index is 13.8. The number of amides is 2. The predicted molar refractivity (Wildman–Crippen MR) is 106 cm³/mol. The second kappa shape index (κ2) is 7.95. The van der Waals surface area contributed by atoms with E-state index in [1.807, 2.05) is 12.1 Å². The monoisotopic (exact) mass is 396 g/mol. The minimum atomic E-state index is -0.368. The number of methoxy groups -OCH3 is 1. The second-order valence-electron chi connectivity index (χ2n) is 7.19. The molecule has 2 aliphatic rings. The molecule has 1 saturated carbocycles. The molecule has 1 aliphatic carbocycles. The van der Waals surface area contributed by atoms with Crippen molar-refractivity contribution in [2.45, 2.75) is 24.8 Å². The molecule has 0 unspecified atom stereocenters. The van der Waals surface area contributed by atoms with Crippen molar-refractivity contribution in [3.8, 4) is 11.5 Å². The van der Waals surface area contributed by atoms with Crippen LogP contribution in [0.25, 0.3) is 6.08 Å². The van der Waals surface area contributed by atoms with Crippen molar-refractivity contribution in [2.24, 2.45) is 0 Å². The number of carbonyl (C=O) groups is 2. The van der Waals surface area contributed by atoms with Gasteiger partial charge in [0.15, 0.2) is 18.2 Å². The molecular formula is C22H21FN2O4. The zero-order valence-electron chi connectivity index (χ0n) is 15.9. The van der Waals surface area contributed by atoms with Crippen LogP contribution in [0.1, 0.15) is 29.9 Å². The van der Waals surface area contributed by atoms with Gasteiger partial charge >= 0.3 is 0 Å². The lowest BCUT2D eigenvalue weighted by atomic mass is 9.76. The molecule has 0 radical (unpaired) electrons. The number of halogens is 1. The molecule has 150 valence electrons. The molecule has 29 heavy (non-hydrogen) atoms. The summed E-state index contributed by atoms with van der Waals surface area (Å²) < 4.78 is 24.1. The van der Waals surface area contributed by atoms with Gasteiger partial charge in [-0.3, -0.25) is 9.59 Å². The summed E-state index contributed by atoms with van der Waals surface area (Å²) in [5.74, 6) is 0.319. The third-order valence-corrected chi connectivity index (χ3v) is 5.20. The van der Waals surface area contributed by atoms with E-state index in [0.717, 1.165) is 24.0 Å². The molecule has 2 amide bonds. The Bertz CT molecular complexity index is 983. The average Bonchev–Trinajstić information content (AvgIpc) is 2.68. The zero-order chi connectivity index (χ0) is 20.4. The number of fused-ring (bicyclic) bond motifs is 1. The fraction of sp³-hybridized carbons (Fsp3) is 0.273.